The van der Waals surface area contributed by atoms with Gasteiger partial charge in [-0.3, -0.25) is 9.69 Å². The van der Waals surface area contributed by atoms with Gasteiger partial charge in [-0.2, -0.15) is 0 Å². The SMILES string of the molecule is COC(=O)C1=C(C)N(c2cccc(C)c2)C(=O)/C1=C/c1ccc(CNS(=O)(=O)c2ccccc2)o1. The number of esters is 1. The topological polar surface area (TPSA) is 106 Å². The van der Waals surface area contributed by atoms with Crippen LogP contribution < -0.4 is 9.62 Å². The van der Waals surface area contributed by atoms with Gasteiger partial charge in [-0.25, -0.2) is 17.9 Å². The maximum absolute atomic E-state index is 13.4. The van der Waals surface area contributed by atoms with E-state index < -0.39 is 21.9 Å². The summed E-state index contributed by atoms with van der Waals surface area (Å²) in [5, 5.41) is 0. The molecule has 1 N–H and O–H groups in total. The number of carbonyl (C=O) groups excluding carboxylic acids is 2. The molecule has 0 spiro atoms. The number of hydrogen-bond donors (Lipinski definition) is 1. The van der Waals surface area contributed by atoms with E-state index in [4.69, 9.17) is 9.15 Å². The predicted octanol–water partition coefficient (Wildman–Crippen LogP) is 3.94. The van der Waals surface area contributed by atoms with Crippen molar-refractivity contribution >= 4 is 33.7 Å². The van der Waals surface area contributed by atoms with Crippen molar-refractivity contribution in [2.24, 2.45) is 0 Å². The Bertz CT molecular complexity index is 1450. The Balaban J connectivity index is 1.61. The van der Waals surface area contributed by atoms with Gasteiger partial charge in [0.05, 0.1) is 29.7 Å². The van der Waals surface area contributed by atoms with Crippen LogP contribution in [0.1, 0.15) is 24.0 Å². The zero-order valence-electron chi connectivity index (χ0n) is 19.4. The van der Waals surface area contributed by atoms with E-state index >= 15 is 0 Å². The Labute approximate surface area is 203 Å². The van der Waals surface area contributed by atoms with Crippen LogP contribution >= 0.6 is 0 Å². The maximum Gasteiger partial charge on any atom is 0.340 e. The third kappa shape index (κ3) is 4.96. The number of sulfonamides is 1. The van der Waals surface area contributed by atoms with Crippen LogP contribution in [0.4, 0.5) is 5.69 Å². The first-order valence-electron chi connectivity index (χ1n) is 10.8. The van der Waals surface area contributed by atoms with Crippen molar-refractivity contribution in [2.45, 2.75) is 25.3 Å². The molecule has 3 aromatic rings. The van der Waals surface area contributed by atoms with Crippen molar-refractivity contribution in [1.29, 1.82) is 0 Å². The van der Waals surface area contributed by atoms with Gasteiger partial charge in [0.25, 0.3) is 5.91 Å². The highest BCUT2D eigenvalue weighted by Crippen LogP contribution is 2.35. The van der Waals surface area contributed by atoms with E-state index in [-0.39, 0.29) is 22.6 Å². The van der Waals surface area contributed by atoms with Gasteiger partial charge < -0.3 is 9.15 Å². The van der Waals surface area contributed by atoms with Crippen LogP contribution in [-0.2, 0) is 30.9 Å². The molecule has 2 heterocycles. The Kier molecular flexibility index (Phi) is 6.72. The third-order valence-electron chi connectivity index (χ3n) is 5.51. The van der Waals surface area contributed by atoms with Gasteiger partial charge in [0.15, 0.2) is 0 Å². The minimum atomic E-state index is -3.71. The van der Waals surface area contributed by atoms with Crippen LogP contribution in [0, 0.1) is 6.92 Å². The van der Waals surface area contributed by atoms with Crippen LogP contribution in [-0.4, -0.2) is 27.4 Å². The first-order valence-corrected chi connectivity index (χ1v) is 12.3. The van der Waals surface area contributed by atoms with E-state index in [9.17, 15) is 18.0 Å². The van der Waals surface area contributed by atoms with Gasteiger partial charge >= 0.3 is 5.97 Å². The highest BCUT2D eigenvalue weighted by atomic mass is 32.2. The summed E-state index contributed by atoms with van der Waals surface area (Å²) in [6.07, 6.45) is 1.46. The average Bonchev–Trinajstić information content (AvgIpc) is 3.39. The minimum absolute atomic E-state index is 0.0809. The molecule has 9 heteroatoms. The Morgan fingerprint density at radius 3 is 2.49 bits per heavy atom. The molecule has 2 aromatic carbocycles. The summed E-state index contributed by atoms with van der Waals surface area (Å²) < 4.78 is 38.0. The number of amides is 1. The Morgan fingerprint density at radius 1 is 1.06 bits per heavy atom. The fourth-order valence-electron chi connectivity index (χ4n) is 3.82. The fraction of sp³-hybridized carbons (Fsp3) is 0.154. The summed E-state index contributed by atoms with van der Waals surface area (Å²) in [6, 6.07) is 18.6. The standard InChI is InChI=1S/C26H24N2O6S/c1-17-8-7-9-19(14-17)28-18(2)24(26(30)33-3)23(25(28)29)15-20-12-13-21(34-20)16-27-35(31,32)22-10-5-4-6-11-22/h4-15,27H,16H2,1-3H3/b23-15+. The summed E-state index contributed by atoms with van der Waals surface area (Å²) in [5.41, 5.74) is 2.31. The predicted molar refractivity (Wildman–Crippen MR) is 131 cm³/mol. The molecule has 8 nitrogen and oxygen atoms in total. The first kappa shape index (κ1) is 24.2. The van der Waals surface area contributed by atoms with Gasteiger partial charge in [0.2, 0.25) is 10.0 Å². The molecule has 0 radical (unpaired) electrons. The lowest BCUT2D eigenvalue weighted by atomic mass is 10.1. The van der Waals surface area contributed by atoms with E-state index in [0.29, 0.717) is 22.9 Å². The van der Waals surface area contributed by atoms with Crippen LogP contribution in [0.3, 0.4) is 0 Å². The van der Waals surface area contributed by atoms with Crippen LogP contribution in [0.5, 0.6) is 0 Å². The lowest BCUT2D eigenvalue weighted by Gasteiger charge is -2.18. The van der Waals surface area contributed by atoms with Crippen LogP contribution in [0.25, 0.3) is 6.08 Å². The molecule has 180 valence electrons. The molecule has 0 fully saturated rings. The molecular weight excluding hydrogens is 468 g/mol. The second-order valence-electron chi connectivity index (χ2n) is 7.93. The lowest BCUT2D eigenvalue weighted by Crippen LogP contribution is -2.24. The molecule has 1 aromatic heterocycles. The number of ether oxygens (including phenoxy) is 1. The smallest absolute Gasteiger partial charge is 0.340 e. The van der Waals surface area contributed by atoms with E-state index in [1.807, 2.05) is 25.1 Å². The number of benzene rings is 2. The molecule has 1 aliphatic rings. The fourth-order valence-corrected chi connectivity index (χ4v) is 4.83. The Morgan fingerprint density at radius 2 is 1.80 bits per heavy atom. The number of anilines is 1. The van der Waals surface area contributed by atoms with Gasteiger partial charge in [-0.15, -0.1) is 0 Å². The average molecular weight is 493 g/mol. The summed E-state index contributed by atoms with van der Waals surface area (Å²) in [5.74, 6) is -0.392. The van der Waals surface area contributed by atoms with E-state index in [1.165, 1.54) is 30.2 Å². The molecule has 0 atom stereocenters. The zero-order chi connectivity index (χ0) is 25.2. The summed E-state index contributed by atoms with van der Waals surface area (Å²) in [7, 11) is -2.45. The van der Waals surface area contributed by atoms with Gasteiger partial charge in [0.1, 0.15) is 11.5 Å². The van der Waals surface area contributed by atoms with Gasteiger partial charge in [-0.05, 0) is 61.9 Å². The highest BCUT2D eigenvalue weighted by Gasteiger charge is 2.38. The maximum atomic E-state index is 13.4. The normalized spacial score (nSPS) is 15.2. The van der Waals surface area contributed by atoms with Crippen molar-refractivity contribution in [3.05, 3.63) is 101 Å². The molecule has 4 rings (SSSR count). The van der Waals surface area contributed by atoms with Crippen molar-refractivity contribution in [2.75, 3.05) is 12.0 Å². The molecule has 0 saturated heterocycles. The molecule has 0 bridgehead atoms. The first-order chi connectivity index (χ1) is 16.7. The summed E-state index contributed by atoms with van der Waals surface area (Å²) in [6.45, 7) is 3.51. The molecule has 0 saturated carbocycles. The number of nitrogens with zero attached hydrogens (tertiary/aromatic N) is 1. The molecule has 1 aliphatic heterocycles. The number of methoxy groups -OCH3 is 1. The van der Waals surface area contributed by atoms with E-state index in [0.717, 1.165) is 5.56 Å². The number of rotatable bonds is 7. The van der Waals surface area contributed by atoms with Gasteiger partial charge in [0, 0.05) is 11.4 Å². The summed E-state index contributed by atoms with van der Waals surface area (Å²) in [4.78, 5) is 27.5. The molecule has 0 aliphatic carbocycles. The van der Waals surface area contributed by atoms with Crippen molar-refractivity contribution < 1.29 is 27.2 Å². The second-order valence-corrected chi connectivity index (χ2v) is 9.70. The summed E-state index contributed by atoms with van der Waals surface area (Å²) >= 11 is 0. The van der Waals surface area contributed by atoms with Crippen molar-refractivity contribution in [3.8, 4) is 0 Å². The van der Waals surface area contributed by atoms with Gasteiger partial charge in [-0.1, -0.05) is 30.3 Å². The number of allylic oxidation sites excluding steroid dienone is 1. The monoisotopic (exact) mass is 492 g/mol. The minimum Gasteiger partial charge on any atom is -0.465 e. The number of furan rings is 1. The van der Waals surface area contributed by atoms with Crippen molar-refractivity contribution in [3.63, 3.8) is 0 Å². The zero-order valence-corrected chi connectivity index (χ0v) is 20.3. The number of carbonyl (C=O) groups is 2. The number of hydrogen-bond acceptors (Lipinski definition) is 6. The molecule has 35 heavy (non-hydrogen) atoms. The van der Waals surface area contributed by atoms with E-state index in [2.05, 4.69) is 4.72 Å². The second kappa shape index (κ2) is 9.73. The largest absolute Gasteiger partial charge is 0.465 e. The highest BCUT2D eigenvalue weighted by molar-refractivity contribution is 7.89. The molecule has 0 unspecified atom stereocenters. The number of nitrogens with one attached hydrogen (secondary N) is 1. The Hall–Kier alpha value is -3.95. The van der Waals surface area contributed by atoms with Crippen LogP contribution in [0.15, 0.2) is 92.9 Å². The third-order valence-corrected chi connectivity index (χ3v) is 6.93. The molecule has 1 amide bonds. The van der Waals surface area contributed by atoms with Crippen molar-refractivity contribution in [1.82, 2.24) is 4.72 Å². The number of aryl methyl sites for hydroxylation is 1. The quantitative estimate of drug-likeness (QED) is 0.396. The molecular formula is C26H24N2O6S. The van der Waals surface area contributed by atoms with Crippen LogP contribution in [0.2, 0.25) is 0 Å². The van der Waals surface area contributed by atoms with E-state index in [1.54, 1.807) is 43.3 Å². The lowest BCUT2D eigenvalue weighted by molar-refractivity contribution is -0.136.